The predicted octanol–water partition coefficient (Wildman–Crippen LogP) is 2.52. The lowest BCUT2D eigenvalue weighted by Crippen LogP contribution is -2.32. The number of nitrogens with two attached hydrogens (primary N) is 1. The number of benzene rings is 1. The third-order valence-electron chi connectivity index (χ3n) is 2.74. The van der Waals surface area contributed by atoms with Crippen LogP contribution in [-0.4, -0.2) is 30.4 Å². The Morgan fingerprint density at radius 3 is 2.58 bits per heavy atom. The maximum absolute atomic E-state index is 12.6. The Labute approximate surface area is 110 Å². The van der Waals surface area contributed by atoms with Gasteiger partial charge in [-0.3, -0.25) is 4.79 Å². The van der Waals surface area contributed by atoms with Crippen LogP contribution in [0.4, 0.5) is 13.2 Å². The van der Waals surface area contributed by atoms with Crippen molar-refractivity contribution < 1.29 is 18.0 Å². The molecule has 0 aliphatic heterocycles. The molecule has 1 rings (SSSR count). The Morgan fingerprint density at radius 2 is 2.05 bits per heavy atom. The van der Waals surface area contributed by atoms with Gasteiger partial charge in [0.05, 0.1) is 5.56 Å². The largest absolute Gasteiger partial charge is 0.416 e. The summed E-state index contributed by atoms with van der Waals surface area (Å²) in [5.41, 5.74) is 4.60. The lowest BCUT2D eigenvalue weighted by Gasteiger charge is -2.21. The second kappa shape index (κ2) is 6.56. The quantitative estimate of drug-likeness (QED) is 0.896. The molecule has 0 spiro atoms. The molecule has 1 aromatic rings. The Kier molecular flexibility index (Phi) is 5.35. The summed E-state index contributed by atoms with van der Waals surface area (Å²) in [4.78, 5) is 13.6. The van der Waals surface area contributed by atoms with Crippen LogP contribution in [0.3, 0.4) is 0 Å². The van der Waals surface area contributed by atoms with E-state index in [1.54, 1.807) is 6.92 Å². The number of alkyl halides is 3. The number of halogens is 3. The number of hydrogen-bond acceptors (Lipinski definition) is 2. The van der Waals surface area contributed by atoms with Gasteiger partial charge < -0.3 is 10.6 Å². The lowest BCUT2D eigenvalue weighted by molar-refractivity contribution is -0.137. The predicted molar refractivity (Wildman–Crippen MR) is 66.7 cm³/mol. The van der Waals surface area contributed by atoms with Gasteiger partial charge in [-0.1, -0.05) is 6.07 Å². The van der Waals surface area contributed by atoms with Gasteiger partial charge in [-0.15, -0.1) is 0 Å². The van der Waals surface area contributed by atoms with E-state index in [9.17, 15) is 18.0 Å². The fourth-order valence-electron chi connectivity index (χ4n) is 1.70. The minimum absolute atomic E-state index is 0.0497. The van der Waals surface area contributed by atoms with Crippen molar-refractivity contribution in [2.75, 3.05) is 19.6 Å². The summed E-state index contributed by atoms with van der Waals surface area (Å²) >= 11 is 0. The lowest BCUT2D eigenvalue weighted by atomic mass is 10.1. The van der Waals surface area contributed by atoms with Crippen molar-refractivity contribution in [1.29, 1.82) is 0 Å². The van der Waals surface area contributed by atoms with Crippen LogP contribution in [0, 0.1) is 0 Å². The van der Waals surface area contributed by atoms with Gasteiger partial charge in [0.25, 0.3) is 5.91 Å². The zero-order valence-corrected chi connectivity index (χ0v) is 10.7. The van der Waals surface area contributed by atoms with E-state index in [1.807, 2.05) is 0 Å². The molecule has 0 fully saturated rings. The molecule has 1 aromatic carbocycles. The van der Waals surface area contributed by atoms with Crippen LogP contribution in [0.15, 0.2) is 24.3 Å². The second-order valence-corrected chi connectivity index (χ2v) is 4.11. The average molecular weight is 274 g/mol. The first-order chi connectivity index (χ1) is 8.90. The standard InChI is InChI=1S/C13H17F3N2O/c1-2-18(8-4-7-17)12(19)10-5-3-6-11(9-10)13(14,15)16/h3,5-6,9H,2,4,7-8,17H2,1H3. The van der Waals surface area contributed by atoms with E-state index in [-0.39, 0.29) is 5.56 Å². The number of rotatable bonds is 5. The minimum atomic E-state index is -4.44. The third kappa shape index (κ3) is 4.24. The smallest absolute Gasteiger partial charge is 0.339 e. The van der Waals surface area contributed by atoms with Crippen LogP contribution in [0.25, 0.3) is 0 Å². The zero-order chi connectivity index (χ0) is 14.5. The Hall–Kier alpha value is -1.56. The number of carbonyl (C=O) groups is 1. The summed E-state index contributed by atoms with van der Waals surface area (Å²) in [5, 5.41) is 0. The molecule has 0 unspecified atom stereocenters. The topological polar surface area (TPSA) is 46.3 Å². The van der Waals surface area contributed by atoms with Gasteiger partial charge in [-0.05, 0) is 38.1 Å². The average Bonchev–Trinajstić information content (AvgIpc) is 2.38. The van der Waals surface area contributed by atoms with Crippen molar-refractivity contribution in [1.82, 2.24) is 4.90 Å². The number of hydrogen-bond donors (Lipinski definition) is 1. The highest BCUT2D eigenvalue weighted by atomic mass is 19.4. The van der Waals surface area contributed by atoms with Gasteiger partial charge in [-0.25, -0.2) is 0 Å². The number of amides is 1. The maximum atomic E-state index is 12.6. The Bertz CT molecular complexity index is 432. The maximum Gasteiger partial charge on any atom is 0.416 e. The van der Waals surface area contributed by atoms with E-state index in [4.69, 9.17) is 5.73 Å². The van der Waals surface area contributed by atoms with Crippen molar-refractivity contribution in [3.63, 3.8) is 0 Å². The molecule has 0 aromatic heterocycles. The molecule has 106 valence electrons. The molecule has 0 heterocycles. The monoisotopic (exact) mass is 274 g/mol. The highest BCUT2D eigenvalue weighted by Crippen LogP contribution is 2.29. The van der Waals surface area contributed by atoms with Crippen molar-refractivity contribution >= 4 is 5.91 Å². The molecule has 6 heteroatoms. The van der Waals surface area contributed by atoms with Crippen molar-refractivity contribution in [3.8, 4) is 0 Å². The fourth-order valence-corrected chi connectivity index (χ4v) is 1.70. The summed E-state index contributed by atoms with van der Waals surface area (Å²) in [6.07, 6.45) is -3.82. The van der Waals surface area contributed by atoms with Gasteiger partial charge in [0.1, 0.15) is 0 Å². The van der Waals surface area contributed by atoms with Gasteiger partial charge in [0.2, 0.25) is 0 Å². The summed E-state index contributed by atoms with van der Waals surface area (Å²) in [6, 6.07) is 4.47. The SMILES string of the molecule is CCN(CCCN)C(=O)c1cccc(C(F)(F)F)c1. The molecular formula is C13H17F3N2O. The van der Waals surface area contributed by atoms with E-state index in [0.717, 1.165) is 12.1 Å². The summed E-state index contributed by atoms with van der Waals surface area (Å²) < 4.78 is 37.7. The van der Waals surface area contributed by atoms with Crippen LogP contribution in [0.2, 0.25) is 0 Å². The van der Waals surface area contributed by atoms with Gasteiger partial charge >= 0.3 is 6.18 Å². The van der Waals surface area contributed by atoms with Crippen molar-refractivity contribution in [2.45, 2.75) is 19.5 Å². The normalized spacial score (nSPS) is 11.4. The molecule has 1 amide bonds. The molecule has 0 bridgehead atoms. The molecule has 0 aliphatic carbocycles. The molecule has 3 nitrogen and oxygen atoms in total. The van der Waals surface area contributed by atoms with Crippen LogP contribution >= 0.6 is 0 Å². The van der Waals surface area contributed by atoms with Crippen LogP contribution in [-0.2, 0) is 6.18 Å². The van der Waals surface area contributed by atoms with E-state index in [2.05, 4.69) is 0 Å². The van der Waals surface area contributed by atoms with Crippen LogP contribution < -0.4 is 5.73 Å². The minimum Gasteiger partial charge on any atom is -0.339 e. The van der Waals surface area contributed by atoms with Gasteiger partial charge in [0, 0.05) is 18.7 Å². The molecule has 0 saturated heterocycles. The molecule has 0 atom stereocenters. The first-order valence-corrected chi connectivity index (χ1v) is 6.06. The second-order valence-electron chi connectivity index (χ2n) is 4.11. The number of nitrogens with zero attached hydrogens (tertiary/aromatic N) is 1. The third-order valence-corrected chi connectivity index (χ3v) is 2.74. The van der Waals surface area contributed by atoms with Crippen molar-refractivity contribution in [3.05, 3.63) is 35.4 Å². The van der Waals surface area contributed by atoms with Crippen LogP contribution in [0.5, 0.6) is 0 Å². The molecular weight excluding hydrogens is 257 g/mol. The zero-order valence-electron chi connectivity index (χ0n) is 10.7. The summed E-state index contributed by atoms with van der Waals surface area (Å²) in [7, 11) is 0. The van der Waals surface area contributed by atoms with Gasteiger partial charge in [0.15, 0.2) is 0 Å². The molecule has 19 heavy (non-hydrogen) atoms. The summed E-state index contributed by atoms with van der Waals surface area (Å²) in [5.74, 6) is -0.401. The molecule has 0 radical (unpaired) electrons. The van der Waals surface area contributed by atoms with E-state index < -0.39 is 17.6 Å². The van der Waals surface area contributed by atoms with Gasteiger partial charge in [-0.2, -0.15) is 13.2 Å². The Balaban J connectivity index is 2.92. The fraction of sp³-hybridized carbons (Fsp3) is 0.462. The van der Waals surface area contributed by atoms with E-state index in [1.165, 1.54) is 17.0 Å². The highest BCUT2D eigenvalue weighted by molar-refractivity contribution is 5.94. The van der Waals surface area contributed by atoms with Crippen LogP contribution in [0.1, 0.15) is 29.3 Å². The molecule has 0 aliphatic rings. The number of carbonyl (C=O) groups excluding carboxylic acids is 1. The first-order valence-electron chi connectivity index (χ1n) is 6.06. The Morgan fingerprint density at radius 1 is 1.37 bits per heavy atom. The first kappa shape index (κ1) is 15.5. The van der Waals surface area contributed by atoms with E-state index >= 15 is 0 Å². The molecule has 0 saturated carbocycles. The van der Waals surface area contributed by atoms with Crippen molar-refractivity contribution in [2.24, 2.45) is 5.73 Å². The summed E-state index contributed by atoms with van der Waals surface area (Å²) in [6.45, 7) is 3.10. The van der Waals surface area contributed by atoms with E-state index in [0.29, 0.717) is 26.1 Å². The highest BCUT2D eigenvalue weighted by Gasteiger charge is 2.31. The molecule has 2 N–H and O–H groups in total.